The molecule has 52 valence electrons. The van der Waals surface area contributed by atoms with E-state index >= 15 is 0 Å². The molecule has 0 rings (SSSR count). The fourth-order valence-electron chi connectivity index (χ4n) is 0.317. The van der Waals surface area contributed by atoms with Crippen molar-refractivity contribution in [3.05, 3.63) is 0 Å². The second kappa shape index (κ2) is 3.94. The fourth-order valence-corrected chi connectivity index (χ4v) is 0.317. The van der Waals surface area contributed by atoms with Gasteiger partial charge in [-0.3, -0.25) is 5.41 Å². The fraction of sp³-hybridized carbons (Fsp3) is 0.750. The molecule has 0 aliphatic heterocycles. The van der Waals surface area contributed by atoms with Crippen LogP contribution < -0.4 is 0 Å². The molecule has 0 spiro atoms. The molecule has 9 heavy (non-hydrogen) atoms. The van der Waals surface area contributed by atoms with E-state index in [4.69, 9.17) is 5.41 Å². The number of rotatable bonds is 3. The average molecular weight is 132 g/mol. The lowest BCUT2D eigenvalue weighted by molar-refractivity contribution is 0.306. The van der Waals surface area contributed by atoms with Gasteiger partial charge >= 0.3 is 0 Å². The molecule has 0 aliphatic rings. The molecule has 0 aromatic heterocycles. The van der Waals surface area contributed by atoms with E-state index in [-0.39, 0.29) is 6.04 Å². The largest absolute Gasteiger partial charge is 0.290 e. The van der Waals surface area contributed by atoms with Gasteiger partial charge in [0.25, 0.3) is 0 Å². The van der Waals surface area contributed by atoms with Crippen molar-refractivity contribution in [3.8, 4) is 0 Å². The Hall–Kier alpha value is -1.00. The Kier molecular flexibility index (Phi) is 3.50. The minimum Gasteiger partial charge on any atom is -0.290 e. The summed E-state index contributed by atoms with van der Waals surface area (Å²) in [4.78, 5) is 0. The molecule has 5 heteroatoms. The highest BCUT2D eigenvalue weighted by atomic mass is 19.2. The van der Waals surface area contributed by atoms with E-state index in [0.717, 1.165) is 11.3 Å². The van der Waals surface area contributed by atoms with Crippen molar-refractivity contribution >= 4 is 6.34 Å². The molecule has 0 aromatic rings. The van der Waals surface area contributed by atoms with Gasteiger partial charge in [-0.15, -0.1) is 0 Å². The first-order chi connectivity index (χ1) is 4.22. The van der Waals surface area contributed by atoms with Crippen LogP contribution >= 0.6 is 0 Å². The van der Waals surface area contributed by atoms with Gasteiger partial charge in [0.15, 0.2) is 0 Å². The summed E-state index contributed by atoms with van der Waals surface area (Å²) in [6.07, 6.45) is 0.910. The topological polar surface area (TPSA) is 51.8 Å². The SMILES string of the molecule is CC(C)N(C=N)N=NF. The van der Waals surface area contributed by atoms with E-state index in [9.17, 15) is 4.48 Å². The molecule has 0 aromatic carbocycles. The molecule has 1 N–H and O–H groups in total. The van der Waals surface area contributed by atoms with Gasteiger partial charge < -0.3 is 0 Å². The van der Waals surface area contributed by atoms with Gasteiger partial charge in [-0.2, -0.15) is 0 Å². The number of halogens is 1. The van der Waals surface area contributed by atoms with Crippen molar-refractivity contribution in [2.75, 3.05) is 0 Å². The minimum atomic E-state index is -0.0259. The maximum atomic E-state index is 11.1. The Labute approximate surface area is 52.8 Å². The predicted octanol–water partition coefficient (Wildman–Crippen LogP) is 1.56. The molecule has 4 nitrogen and oxygen atoms in total. The predicted molar refractivity (Wildman–Crippen MR) is 31.7 cm³/mol. The van der Waals surface area contributed by atoms with Crippen LogP contribution in [0.4, 0.5) is 4.48 Å². The van der Waals surface area contributed by atoms with E-state index in [2.05, 4.69) is 5.22 Å². The summed E-state index contributed by atoms with van der Waals surface area (Å²) in [7, 11) is 0. The van der Waals surface area contributed by atoms with E-state index in [0.29, 0.717) is 0 Å². The molecule has 0 saturated heterocycles. The monoisotopic (exact) mass is 132 g/mol. The lowest BCUT2D eigenvalue weighted by atomic mass is 10.4. The Morgan fingerprint density at radius 2 is 2.22 bits per heavy atom. The zero-order chi connectivity index (χ0) is 7.28. The Balaban J connectivity index is 3.82. The van der Waals surface area contributed by atoms with Crippen molar-refractivity contribution in [1.82, 2.24) is 5.01 Å². The highest BCUT2D eigenvalue weighted by Crippen LogP contribution is 1.94. The Morgan fingerprint density at radius 1 is 1.67 bits per heavy atom. The first-order valence-electron chi connectivity index (χ1n) is 2.53. The van der Waals surface area contributed by atoms with Crippen LogP contribution in [0.5, 0.6) is 0 Å². The first-order valence-corrected chi connectivity index (χ1v) is 2.53. The van der Waals surface area contributed by atoms with Crippen molar-refractivity contribution in [1.29, 1.82) is 5.41 Å². The third-order valence-corrected chi connectivity index (χ3v) is 0.798. The van der Waals surface area contributed by atoms with E-state index in [1.807, 2.05) is 5.34 Å². The number of hydrogen-bond donors (Lipinski definition) is 1. The van der Waals surface area contributed by atoms with Gasteiger partial charge in [0.05, 0.1) is 0 Å². The summed E-state index contributed by atoms with van der Waals surface area (Å²) in [6.45, 7) is 3.56. The zero-order valence-electron chi connectivity index (χ0n) is 5.37. The average Bonchev–Trinajstić information content (AvgIpc) is 1.82. The van der Waals surface area contributed by atoms with Gasteiger partial charge in [0, 0.05) is 11.4 Å². The van der Waals surface area contributed by atoms with E-state index in [1.165, 1.54) is 0 Å². The summed E-state index contributed by atoms with van der Waals surface area (Å²) in [6, 6.07) is -0.0259. The maximum absolute atomic E-state index is 11.1. The molecule has 0 unspecified atom stereocenters. The summed E-state index contributed by atoms with van der Waals surface area (Å²) in [5, 5.41) is 12.8. The van der Waals surface area contributed by atoms with Crippen LogP contribution in [0.15, 0.2) is 10.6 Å². The lowest BCUT2D eigenvalue weighted by Gasteiger charge is -2.12. The van der Waals surface area contributed by atoms with Crippen LogP contribution in [0.25, 0.3) is 0 Å². The smallest absolute Gasteiger partial charge is 0.105 e. The first kappa shape index (κ1) is 8.00. The quantitative estimate of drug-likeness (QED) is 0.269. The minimum absolute atomic E-state index is 0.0259. The van der Waals surface area contributed by atoms with Crippen molar-refractivity contribution in [2.45, 2.75) is 19.9 Å². The van der Waals surface area contributed by atoms with Crippen LogP contribution in [0, 0.1) is 5.41 Å². The summed E-state index contributed by atoms with van der Waals surface area (Å²) in [5.41, 5.74) is 0. The highest BCUT2D eigenvalue weighted by Gasteiger charge is 2.00. The molecular formula is C4H9FN4. The van der Waals surface area contributed by atoms with Crippen LogP contribution in [0.3, 0.4) is 0 Å². The normalized spacial score (nSPS) is 10.7. The van der Waals surface area contributed by atoms with Gasteiger partial charge in [-0.25, -0.2) is 5.01 Å². The number of nitrogens with zero attached hydrogens (tertiary/aromatic N) is 3. The van der Waals surface area contributed by atoms with Crippen molar-refractivity contribution in [3.63, 3.8) is 0 Å². The molecular weight excluding hydrogens is 123 g/mol. The summed E-state index contributed by atoms with van der Waals surface area (Å²) in [5.74, 6) is 0. The van der Waals surface area contributed by atoms with Gasteiger partial charge in [-0.05, 0) is 19.1 Å². The van der Waals surface area contributed by atoms with Crippen LogP contribution in [-0.4, -0.2) is 17.4 Å². The molecule has 0 fully saturated rings. The highest BCUT2D eigenvalue weighted by molar-refractivity contribution is 5.50. The van der Waals surface area contributed by atoms with Crippen LogP contribution in [0.1, 0.15) is 13.8 Å². The molecule has 0 saturated carbocycles. The maximum Gasteiger partial charge on any atom is 0.105 e. The van der Waals surface area contributed by atoms with E-state index in [1.54, 1.807) is 13.8 Å². The molecule has 0 aliphatic carbocycles. The van der Waals surface area contributed by atoms with Crippen LogP contribution in [0.2, 0.25) is 0 Å². The van der Waals surface area contributed by atoms with Gasteiger partial charge in [0.2, 0.25) is 0 Å². The lowest BCUT2D eigenvalue weighted by Crippen LogP contribution is -2.22. The standard InChI is InChI=1S/C4H9FN4/c1-4(2)9(3-6)8-7-5/h3-4,6H,1-2H3. The zero-order valence-corrected chi connectivity index (χ0v) is 5.37. The molecule has 0 atom stereocenters. The van der Waals surface area contributed by atoms with E-state index < -0.39 is 0 Å². The third kappa shape index (κ3) is 2.73. The summed E-state index contributed by atoms with van der Waals surface area (Å²) < 4.78 is 11.1. The summed E-state index contributed by atoms with van der Waals surface area (Å²) >= 11 is 0. The molecule has 0 amide bonds. The number of nitrogens with one attached hydrogen (secondary N) is 1. The number of hydrogen-bond acceptors (Lipinski definition) is 3. The Bertz CT molecular complexity index is 111. The molecule has 0 heterocycles. The Morgan fingerprint density at radius 3 is 2.33 bits per heavy atom. The van der Waals surface area contributed by atoms with Gasteiger partial charge in [0.1, 0.15) is 6.34 Å². The second-order valence-electron chi connectivity index (χ2n) is 1.77. The van der Waals surface area contributed by atoms with Crippen LogP contribution in [-0.2, 0) is 0 Å². The van der Waals surface area contributed by atoms with Crippen molar-refractivity contribution < 1.29 is 4.48 Å². The third-order valence-electron chi connectivity index (χ3n) is 0.798. The molecule has 0 radical (unpaired) electrons. The van der Waals surface area contributed by atoms with Gasteiger partial charge in [-0.1, -0.05) is 4.48 Å². The second-order valence-corrected chi connectivity index (χ2v) is 1.77. The molecule has 0 bridgehead atoms. The van der Waals surface area contributed by atoms with Crippen molar-refractivity contribution in [2.24, 2.45) is 10.6 Å².